The molecule has 1 aromatic carbocycles. The van der Waals surface area contributed by atoms with Gasteiger partial charge in [0, 0.05) is 12.4 Å². The van der Waals surface area contributed by atoms with Gasteiger partial charge in [-0.1, -0.05) is 25.1 Å². The Labute approximate surface area is 120 Å². The second-order valence-electron chi connectivity index (χ2n) is 5.02. The van der Waals surface area contributed by atoms with Crippen LogP contribution in [0.3, 0.4) is 0 Å². The number of nitrogens with one attached hydrogen (secondary N) is 1. The zero-order valence-corrected chi connectivity index (χ0v) is 12.2. The molecular formula is C17H20N2O. The first kappa shape index (κ1) is 14.3. The molecule has 3 nitrogen and oxygen atoms in total. The summed E-state index contributed by atoms with van der Waals surface area (Å²) in [6, 6.07) is 9.90. The van der Waals surface area contributed by atoms with Gasteiger partial charge in [0.2, 0.25) is 0 Å². The molecule has 0 aliphatic rings. The fourth-order valence-electron chi connectivity index (χ4n) is 2.14. The molecule has 0 aliphatic heterocycles. The number of hydrogen-bond donors (Lipinski definition) is 1. The number of hydrogen-bond acceptors (Lipinski definition) is 2. The Kier molecular flexibility index (Phi) is 4.51. The first-order valence-corrected chi connectivity index (χ1v) is 6.90. The molecule has 0 fully saturated rings. The van der Waals surface area contributed by atoms with Gasteiger partial charge < -0.3 is 5.32 Å². The summed E-state index contributed by atoms with van der Waals surface area (Å²) < 4.78 is 0. The highest BCUT2D eigenvalue weighted by Crippen LogP contribution is 2.20. The predicted molar refractivity (Wildman–Crippen MR) is 80.7 cm³/mol. The van der Waals surface area contributed by atoms with E-state index in [2.05, 4.69) is 49.3 Å². The molecule has 0 radical (unpaired) electrons. The monoisotopic (exact) mass is 268 g/mol. The van der Waals surface area contributed by atoms with Crippen LogP contribution in [0.25, 0.3) is 0 Å². The minimum Gasteiger partial charge on any atom is -0.345 e. The van der Waals surface area contributed by atoms with E-state index in [1.54, 1.807) is 24.5 Å². The van der Waals surface area contributed by atoms with Gasteiger partial charge in [0.1, 0.15) is 0 Å². The largest absolute Gasteiger partial charge is 0.345 e. The van der Waals surface area contributed by atoms with E-state index in [-0.39, 0.29) is 11.9 Å². The first-order valence-electron chi connectivity index (χ1n) is 6.90. The van der Waals surface area contributed by atoms with E-state index in [0.717, 1.165) is 12.0 Å². The van der Waals surface area contributed by atoms with E-state index in [0.29, 0.717) is 5.56 Å². The Bertz CT molecular complexity index is 593. The van der Waals surface area contributed by atoms with Gasteiger partial charge in [0.25, 0.3) is 5.91 Å². The maximum Gasteiger partial charge on any atom is 0.253 e. The fraction of sp³-hybridized carbons (Fsp3) is 0.294. The van der Waals surface area contributed by atoms with Crippen LogP contribution >= 0.6 is 0 Å². The van der Waals surface area contributed by atoms with Crippen molar-refractivity contribution in [1.29, 1.82) is 0 Å². The third-order valence-electron chi connectivity index (χ3n) is 3.57. The zero-order valence-electron chi connectivity index (χ0n) is 12.2. The van der Waals surface area contributed by atoms with Crippen molar-refractivity contribution in [3.05, 3.63) is 65.0 Å². The molecule has 0 spiro atoms. The molecule has 2 rings (SSSR count). The lowest BCUT2D eigenvalue weighted by molar-refractivity contribution is 0.0935. The molecule has 1 atom stereocenters. The molecule has 1 aromatic heterocycles. The molecule has 1 heterocycles. The van der Waals surface area contributed by atoms with E-state index >= 15 is 0 Å². The predicted octanol–water partition coefficient (Wildman–Crippen LogP) is 3.58. The maximum absolute atomic E-state index is 12.2. The minimum atomic E-state index is -0.0804. The van der Waals surface area contributed by atoms with E-state index in [1.165, 1.54) is 11.1 Å². The number of pyridine rings is 1. The lowest BCUT2D eigenvalue weighted by atomic mass is 9.99. The van der Waals surface area contributed by atoms with Crippen LogP contribution in [0.4, 0.5) is 0 Å². The number of carbonyl (C=O) groups is 1. The average molecular weight is 268 g/mol. The Morgan fingerprint density at radius 2 is 2.05 bits per heavy atom. The summed E-state index contributed by atoms with van der Waals surface area (Å²) in [5.74, 6) is -0.0804. The van der Waals surface area contributed by atoms with Crippen molar-refractivity contribution in [3.63, 3.8) is 0 Å². The van der Waals surface area contributed by atoms with Crippen LogP contribution < -0.4 is 5.32 Å². The maximum atomic E-state index is 12.2. The summed E-state index contributed by atoms with van der Waals surface area (Å²) >= 11 is 0. The van der Waals surface area contributed by atoms with Crippen LogP contribution in [0.2, 0.25) is 0 Å². The lowest BCUT2D eigenvalue weighted by Crippen LogP contribution is -2.28. The van der Waals surface area contributed by atoms with E-state index in [1.807, 2.05) is 0 Å². The number of rotatable bonds is 4. The van der Waals surface area contributed by atoms with Gasteiger partial charge in [-0.25, -0.2) is 0 Å². The van der Waals surface area contributed by atoms with Gasteiger partial charge in [-0.2, -0.15) is 0 Å². The van der Waals surface area contributed by atoms with Crippen molar-refractivity contribution in [2.24, 2.45) is 0 Å². The Morgan fingerprint density at radius 1 is 1.25 bits per heavy atom. The van der Waals surface area contributed by atoms with Gasteiger partial charge in [-0.05, 0) is 49.1 Å². The highest BCUT2D eigenvalue weighted by atomic mass is 16.1. The number of aryl methyl sites for hydroxylation is 2. The Morgan fingerprint density at radius 3 is 2.65 bits per heavy atom. The minimum absolute atomic E-state index is 0.0296. The van der Waals surface area contributed by atoms with Crippen molar-refractivity contribution in [3.8, 4) is 0 Å². The molecule has 104 valence electrons. The van der Waals surface area contributed by atoms with Crippen molar-refractivity contribution < 1.29 is 4.79 Å². The molecule has 1 unspecified atom stereocenters. The summed E-state index contributed by atoms with van der Waals surface area (Å²) in [6.45, 7) is 6.26. The molecule has 2 aromatic rings. The quantitative estimate of drug-likeness (QED) is 0.921. The molecule has 0 saturated carbocycles. The molecule has 3 heteroatoms. The highest BCUT2D eigenvalue weighted by molar-refractivity contribution is 5.94. The molecular weight excluding hydrogens is 248 g/mol. The van der Waals surface area contributed by atoms with Gasteiger partial charge in [0.15, 0.2) is 0 Å². The third kappa shape index (κ3) is 3.23. The van der Waals surface area contributed by atoms with Gasteiger partial charge >= 0.3 is 0 Å². The van der Waals surface area contributed by atoms with E-state index in [4.69, 9.17) is 0 Å². The fourth-order valence-corrected chi connectivity index (χ4v) is 2.14. The molecule has 1 amide bonds. The van der Waals surface area contributed by atoms with Crippen molar-refractivity contribution >= 4 is 5.91 Å². The van der Waals surface area contributed by atoms with Crippen LogP contribution in [0.1, 0.15) is 46.4 Å². The van der Waals surface area contributed by atoms with E-state index < -0.39 is 0 Å². The number of amides is 1. The first-order chi connectivity index (χ1) is 9.61. The highest BCUT2D eigenvalue weighted by Gasteiger charge is 2.14. The molecule has 0 bridgehead atoms. The number of nitrogens with zero attached hydrogens (tertiary/aromatic N) is 1. The standard InChI is InChI=1S/C17H20N2O/c1-4-16(14-8-7-12(2)13(3)10-14)19-17(20)15-6-5-9-18-11-15/h5-11,16H,4H2,1-3H3,(H,19,20). The average Bonchev–Trinajstić information content (AvgIpc) is 2.48. The summed E-state index contributed by atoms with van der Waals surface area (Å²) in [5, 5.41) is 3.07. The Balaban J connectivity index is 2.16. The summed E-state index contributed by atoms with van der Waals surface area (Å²) in [6.07, 6.45) is 4.11. The van der Waals surface area contributed by atoms with Gasteiger partial charge in [-0.15, -0.1) is 0 Å². The normalized spacial score (nSPS) is 11.9. The second-order valence-corrected chi connectivity index (χ2v) is 5.02. The second kappa shape index (κ2) is 6.33. The topological polar surface area (TPSA) is 42.0 Å². The third-order valence-corrected chi connectivity index (χ3v) is 3.57. The van der Waals surface area contributed by atoms with Crippen molar-refractivity contribution in [2.75, 3.05) is 0 Å². The smallest absolute Gasteiger partial charge is 0.253 e. The molecule has 0 saturated heterocycles. The van der Waals surface area contributed by atoms with Gasteiger partial charge in [-0.3, -0.25) is 9.78 Å². The lowest BCUT2D eigenvalue weighted by Gasteiger charge is -2.18. The number of carbonyl (C=O) groups excluding carboxylic acids is 1. The van der Waals surface area contributed by atoms with Crippen LogP contribution in [0, 0.1) is 13.8 Å². The summed E-state index contributed by atoms with van der Waals surface area (Å²) in [7, 11) is 0. The molecule has 1 N–H and O–H groups in total. The van der Waals surface area contributed by atoms with Crippen molar-refractivity contribution in [2.45, 2.75) is 33.2 Å². The van der Waals surface area contributed by atoms with E-state index in [9.17, 15) is 4.79 Å². The van der Waals surface area contributed by atoms with Crippen LogP contribution in [-0.2, 0) is 0 Å². The summed E-state index contributed by atoms with van der Waals surface area (Å²) in [4.78, 5) is 16.2. The summed E-state index contributed by atoms with van der Waals surface area (Å²) in [5.41, 5.74) is 4.25. The Hall–Kier alpha value is -2.16. The SMILES string of the molecule is CCC(NC(=O)c1cccnc1)c1ccc(C)c(C)c1. The number of aromatic nitrogens is 1. The number of benzene rings is 1. The van der Waals surface area contributed by atoms with Crippen LogP contribution in [0.5, 0.6) is 0 Å². The van der Waals surface area contributed by atoms with Gasteiger partial charge in [0.05, 0.1) is 11.6 Å². The zero-order chi connectivity index (χ0) is 14.5. The van der Waals surface area contributed by atoms with Crippen molar-refractivity contribution in [1.82, 2.24) is 10.3 Å². The molecule has 0 aliphatic carbocycles. The molecule has 20 heavy (non-hydrogen) atoms. The van der Waals surface area contributed by atoms with Crippen LogP contribution in [-0.4, -0.2) is 10.9 Å². The van der Waals surface area contributed by atoms with Crippen LogP contribution in [0.15, 0.2) is 42.7 Å².